The molecule has 0 saturated carbocycles. The van der Waals surface area contributed by atoms with E-state index in [1.165, 1.54) is 18.2 Å². The van der Waals surface area contributed by atoms with Gasteiger partial charge in [-0.1, -0.05) is 24.3 Å². The predicted molar refractivity (Wildman–Crippen MR) is 116 cm³/mol. The zero-order chi connectivity index (χ0) is 21.6. The summed E-state index contributed by atoms with van der Waals surface area (Å²) in [6.45, 7) is 3.13. The van der Waals surface area contributed by atoms with E-state index in [4.69, 9.17) is 0 Å². The maximum atomic E-state index is 14.0. The fourth-order valence-corrected chi connectivity index (χ4v) is 3.75. The first kappa shape index (κ1) is 20.9. The van der Waals surface area contributed by atoms with Gasteiger partial charge in [0, 0.05) is 50.2 Å². The molecule has 0 atom stereocenters. The number of anilines is 2. The van der Waals surface area contributed by atoms with E-state index in [9.17, 15) is 13.6 Å². The van der Waals surface area contributed by atoms with E-state index in [1.807, 2.05) is 6.07 Å². The van der Waals surface area contributed by atoms with Gasteiger partial charge >= 0.3 is 0 Å². The van der Waals surface area contributed by atoms with Gasteiger partial charge in [0.25, 0.3) is 5.91 Å². The van der Waals surface area contributed by atoms with Crippen molar-refractivity contribution in [1.82, 2.24) is 14.8 Å². The second kappa shape index (κ2) is 9.66. The number of pyridine rings is 1. The number of benzene rings is 2. The van der Waals surface area contributed by atoms with Gasteiger partial charge in [0.05, 0.1) is 5.56 Å². The van der Waals surface area contributed by atoms with Crippen molar-refractivity contribution in [3.8, 4) is 0 Å². The number of carbonyl (C=O) groups excluding carboxylic acids is 1. The third-order valence-corrected chi connectivity index (χ3v) is 5.35. The van der Waals surface area contributed by atoms with Crippen molar-refractivity contribution in [3.63, 3.8) is 0 Å². The SMILES string of the molecule is O=C(c1cccnc1Nc1cccc(F)c1)N1CCCN(Cc2ccccc2F)CC1. The van der Waals surface area contributed by atoms with Crippen LogP contribution in [0.2, 0.25) is 0 Å². The minimum absolute atomic E-state index is 0.125. The zero-order valence-corrected chi connectivity index (χ0v) is 17.1. The van der Waals surface area contributed by atoms with Crippen LogP contribution < -0.4 is 5.32 Å². The fraction of sp³-hybridized carbons (Fsp3) is 0.250. The number of nitrogens with one attached hydrogen (secondary N) is 1. The van der Waals surface area contributed by atoms with Crippen LogP contribution >= 0.6 is 0 Å². The molecule has 31 heavy (non-hydrogen) atoms. The third-order valence-electron chi connectivity index (χ3n) is 5.35. The van der Waals surface area contributed by atoms with Crippen molar-refractivity contribution < 1.29 is 13.6 Å². The van der Waals surface area contributed by atoms with E-state index >= 15 is 0 Å². The molecule has 1 amide bonds. The minimum Gasteiger partial charge on any atom is -0.339 e. The summed E-state index contributed by atoms with van der Waals surface area (Å²) in [5.74, 6) is -0.301. The van der Waals surface area contributed by atoms with Crippen molar-refractivity contribution >= 4 is 17.4 Å². The largest absolute Gasteiger partial charge is 0.339 e. The molecule has 1 fully saturated rings. The Kier molecular flexibility index (Phi) is 6.52. The molecule has 7 heteroatoms. The smallest absolute Gasteiger partial charge is 0.257 e. The van der Waals surface area contributed by atoms with Gasteiger partial charge in [0.2, 0.25) is 0 Å². The third kappa shape index (κ3) is 5.24. The fourth-order valence-electron chi connectivity index (χ4n) is 3.75. The molecule has 2 aromatic carbocycles. The maximum absolute atomic E-state index is 14.0. The molecule has 0 aliphatic carbocycles. The summed E-state index contributed by atoms with van der Waals surface area (Å²) in [4.78, 5) is 21.5. The van der Waals surface area contributed by atoms with E-state index in [-0.39, 0.29) is 17.5 Å². The molecule has 2 heterocycles. The number of halogens is 2. The van der Waals surface area contributed by atoms with Gasteiger partial charge < -0.3 is 10.2 Å². The van der Waals surface area contributed by atoms with Crippen LogP contribution in [0.4, 0.5) is 20.3 Å². The first-order valence-electron chi connectivity index (χ1n) is 10.3. The van der Waals surface area contributed by atoms with Crippen molar-refractivity contribution in [2.75, 3.05) is 31.5 Å². The summed E-state index contributed by atoms with van der Waals surface area (Å²) in [7, 11) is 0. The Morgan fingerprint density at radius 1 is 0.968 bits per heavy atom. The summed E-state index contributed by atoms with van der Waals surface area (Å²) in [5, 5.41) is 3.05. The van der Waals surface area contributed by atoms with Gasteiger partial charge in [-0.25, -0.2) is 13.8 Å². The molecule has 1 saturated heterocycles. The van der Waals surface area contributed by atoms with E-state index in [0.717, 1.165) is 13.0 Å². The number of hydrogen-bond acceptors (Lipinski definition) is 4. The van der Waals surface area contributed by atoms with E-state index in [0.29, 0.717) is 48.8 Å². The lowest BCUT2D eigenvalue weighted by Gasteiger charge is -2.23. The summed E-state index contributed by atoms with van der Waals surface area (Å²) in [6.07, 6.45) is 2.39. The molecule has 0 unspecified atom stereocenters. The van der Waals surface area contributed by atoms with E-state index in [2.05, 4.69) is 15.2 Å². The molecular formula is C24H24F2N4O. The number of aromatic nitrogens is 1. The van der Waals surface area contributed by atoms with Gasteiger partial charge in [-0.15, -0.1) is 0 Å². The quantitative estimate of drug-likeness (QED) is 0.660. The van der Waals surface area contributed by atoms with E-state index in [1.54, 1.807) is 47.5 Å². The number of hydrogen-bond donors (Lipinski definition) is 1. The molecule has 0 spiro atoms. The highest BCUT2D eigenvalue weighted by atomic mass is 19.1. The lowest BCUT2D eigenvalue weighted by Crippen LogP contribution is -2.35. The summed E-state index contributed by atoms with van der Waals surface area (Å²) in [5.41, 5.74) is 1.63. The zero-order valence-electron chi connectivity index (χ0n) is 17.1. The summed E-state index contributed by atoms with van der Waals surface area (Å²) < 4.78 is 27.5. The van der Waals surface area contributed by atoms with Crippen LogP contribution in [0.3, 0.4) is 0 Å². The number of rotatable bonds is 5. The molecule has 1 N–H and O–H groups in total. The average molecular weight is 422 g/mol. The van der Waals surface area contributed by atoms with Crippen molar-refractivity contribution in [2.24, 2.45) is 0 Å². The highest BCUT2D eigenvalue weighted by Crippen LogP contribution is 2.21. The normalized spacial score (nSPS) is 14.8. The number of amides is 1. The Morgan fingerprint density at radius 2 is 1.84 bits per heavy atom. The topological polar surface area (TPSA) is 48.5 Å². The van der Waals surface area contributed by atoms with Crippen LogP contribution in [0, 0.1) is 11.6 Å². The summed E-state index contributed by atoms with van der Waals surface area (Å²) in [6, 6.07) is 16.3. The average Bonchev–Trinajstić information content (AvgIpc) is 3.01. The van der Waals surface area contributed by atoms with Gasteiger partial charge in [0.15, 0.2) is 0 Å². The Bertz CT molecular complexity index is 1060. The number of nitrogens with zero attached hydrogens (tertiary/aromatic N) is 3. The van der Waals surface area contributed by atoms with Crippen LogP contribution in [0.25, 0.3) is 0 Å². The molecule has 1 aliphatic rings. The molecule has 0 radical (unpaired) electrons. The predicted octanol–water partition coefficient (Wildman–Crippen LogP) is 4.45. The van der Waals surface area contributed by atoms with Crippen LogP contribution in [-0.2, 0) is 6.54 Å². The van der Waals surface area contributed by atoms with Crippen LogP contribution in [-0.4, -0.2) is 46.9 Å². The van der Waals surface area contributed by atoms with Gasteiger partial charge in [-0.3, -0.25) is 9.69 Å². The Balaban J connectivity index is 1.45. The molecule has 5 nitrogen and oxygen atoms in total. The molecule has 1 aliphatic heterocycles. The molecule has 1 aromatic heterocycles. The van der Waals surface area contributed by atoms with E-state index < -0.39 is 0 Å². The molecular weight excluding hydrogens is 398 g/mol. The second-order valence-corrected chi connectivity index (χ2v) is 7.55. The highest BCUT2D eigenvalue weighted by Gasteiger charge is 2.23. The number of carbonyl (C=O) groups is 1. The summed E-state index contributed by atoms with van der Waals surface area (Å²) >= 11 is 0. The maximum Gasteiger partial charge on any atom is 0.257 e. The Hall–Kier alpha value is -3.32. The standard InChI is InChI=1S/C24H24F2N4O/c25-19-7-3-8-20(16-19)28-23-21(9-4-11-27-23)24(31)30-13-5-12-29(14-15-30)17-18-6-1-2-10-22(18)26/h1-4,6-11,16H,5,12-15,17H2,(H,27,28). The molecule has 3 aromatic rings. The molecule has 160 valence electrons. The monoisotopic (exact) mass is 422 g/mol. The first-order chi connectivity index (χ1) is 15.1. The first-order valence-corrected chi connectivity index (χ1v) is 10.3. The van der Waals surface area contributed by atoms with Gasteiger partial charge in [0.1, 0.15) is 17.5 Å². The lowest BCUT2D eigenvalue weighted by atomic mass is 10.2. The molecule has 4 rings (SSSR count). The van der Waals surface area contributed by atoms with Crippen LogP contribution in [0.15, 0.2) is 66.9 Å². The highest BCUT2D eigenvalue weighted by molar-refractivity contribution is 5.99. The Labute approximate surface area is 180 Å². The van der Waals surface area contributed by atoms with Gasteiger partial charge in [-0.05, 0) is 42.8 Å². The van der Waals surface area contributed by atoms with Crippen LogP contribution in [0.5, 0.6) is 0 Å². The van der Waals surface area contributed by atoms with Crippen molar-refractivity contribution in [3.05, 3.63) is 89.6 Å². The van der Waals surface area contributed by atoms with Crippen molar-refractivity contribution in [2.45, 2.75) is 13.0 Å². The second-order valence-electron chi connectivity index (χ2n) is 7.55. The van der Waals surface area contributed by atoms with Gasteiger partial charge in [-0.2, -0.15) is 0 Å². The lowest BCUT2D eigenvalue weighted by molar-refractivity contribution is 0.0761. The van der Waals surface area contributed by atoms with Crippen molar-refractivity contribution in [1.29, 1.82) is 0 Å². The molecule has 0 bridgehead atoms. The Morgan fingerprint density at radius 3 is 2.68 bits per heavy atom. The van der Waals surface area contributed by atoms with Crippen LogP contribution in [0.1, 0.15) is 22.3 Å². The minimum atomic E-state index is -0.365.